The van der Waals surface area contributed by atoms with Crippen LogP contribution in [-0.4, -0.2) is 68.8 Å². The van der Waals surface area contributed by atoms with Crippen molar-refractivity contribution in [3.05, 3.63) is 65.2 Å². The number of halogens is 2. The van der Waals surface area contributed by atoms with Crippen LogP contribution in [0.15, 0.2) is 42.5 Å². The summed E-state index contributed by atoms with van der Waals surface area (Å²) in [6.07, 6.45) is 3.67. The number of nitrogens with zero attached hydrogens (tertiary/aromatic N) is 1. The Balaban J connectivity index is 1.31. The first-order chi connectivity index (χ1) is 19.2. The molecule has 2 aromatic rings. The number of anilines is 1. The van der Waals surface area contributed by atoms with E-state index >= 15 is 4.39 Å². The van der Waals surface area contributed by atoms with E-state index in [0.29, 0.717) is 37.2 Å². The molecule has 2 heterocycles. The highest BCUT2D eigenvalue weighted by molar-refractivity contribution is 7.89. The molecule has 0 spiro atoms. The molecule has 40 heavy (non-hydrogen) atoms. The zero-order valence-corrected chi connectivity index (χ0v) is 23.5. The fraction of sp³-hybridized carbons (Fsp3) is 0.552. The van der Waals surface area contributed by atoms with Crippen LogP contribution < -0.4 is 16.4 Å². The van der Waals surface area contributed by atoms with Crippen molar-refractivity contribution in [1.29, 1.82) is 0 Å². The number of ether oxygens (including phenoxy) is 1. The molecule has 1 aliphatic carbocycles. The van der Waals surface area contributed by atoms with E-state index in [0.717, 1.165) is 24.8 Å². The number of nitrogens with two attached hydrogens (primary N) is 1. The molecule has 2 aliphatic heterocycles. The van der Waals surface area contributed by atoms with Crippen molar-refractivity contribution in [2.75, 3.05) is 31.3 Å². The van der Waals surface area contributed by atoms with Crippen LogP contribution in [0.2, 0.25) is 0 Å². The Bertz CT molecular complexity index is 1300. The second-order valence-electron chi connectivity index (χ2n) is 11.3. The predicted octanol–water partition coefficient (Wildman–Crippen LogP) is 3.14. The summed E-state index contributed by atoms with van der Waals surface area (Å²) in [4.78, 5) is 13.5. The molecule has 1 amide bonds. The molecular formula is C29H38F2N4O4S. The quantitative estimate of drug-likeness (QED) is 0.423. The molecular weight excluding hydrogens is 538 g/mol. The SMILES string of the molecule is CO[C@H]1C[C@@H]([C@H](c2ccc(F)cc2)[C@H](N)C(=O)Nc2cccc(F)c2CC[C@H]2CN[C@@H]3CCCS(=O)(=O)N2C3)C1. The van der Waals surface area contributed by atoms with Crippen molar-refractivity contribution >= 4 is 21.6 Å². The van der Waals surface area contributed by atoms with Crippen molar-refractivity contribution in [2.24, 2.45) is 11.7 Å². The topological polar surface area (TPSA) is 114 Å². The molecule has 5 rings (SSSR count). The molecule has 8 nitrogen and oxygen atoms in total. The van der Waals surface area contributed by atoms with Gasteiger partial charge in [-0.15, -0.1) is 0 Å². The molecule has 0 aromatic heterocycles. The number of hydrogen-bond donors (Lipinski definition) is 3. The van der Waals surface area contributed by atoms with Gasteiger partial charge in [0.1, 0.15) is 11.6 Å². The van der Waals surface area contributed by atoms with Crippen LogP contribution >= 0.6 is 0 Å². The van der Waals surface area contributed by atoms with E-state index in [2.05, 4.69) is 10.6 Å². The minimum absolute atomic E-state index is 0.0846. The largest absolute Gasteiger partial charge is 0.381 e. The molecule has 2 saturated heterocycles. The van der Waals surface area contributed by atoms with E-state index in [-0.39, 0.29) is 48.0 Å². The summed E-state index contributed by atoms with van der Waals surface area (Å²) >= 11 is 0. The van der Waals surface area contributed by atoms with Crippen LogP contribution in [0.4, 0.5) is 14.5 Å². The van der Waals surface area contributed by atoms with Gasteiger partial charge < -0.3 is 21.1 Å². The van der Waals surface area contributed by atoms with Crippen LogP contribution in [0.5, 0.6) is 0 Å². The van der Waals surface area contributed by atoms with Gasteiger partial charge in [0, 0.05) is 49.5 Å². The Morgan fingerprint density at radius 1 is 1.20 bits per heavy atom. The highest BCUT2D eigenvalue weighted by Crippen LogP contribution is 2.42. The van der Waals surface area contributed by atoms with Gasteiger partial charge in [-0.05, 0) is 74.3 Å². The van der Waals surface area contributed by atoms with E-state index in [1.165, 1.54) is 24.3 Å². The summed E-state index contributed by atoms with van der Waals surface area (Å²) in [5.41, 5.74) is 7.94. The minimum atomic E-state index is -3.36. The Hall–Kier alpha value is -2.44. The van der Waals surface area contributed by atoms with E-state index in [1.807, 2.05) is 0 Å². The first kappa shape index (κ1) is 29.1. The number of methoxy groups -OCH3 is 1. The molecule has 3 aliphatic rings. The van der Waals surface area contributed by atoms with Crippen LogP contribution in [0.1, 0.15) is 49.1 Å². The van der Waals surface area contributed by atoms with Gasteiger partial charge in [0.2, 0.25) is 15.9 Å². The third-order valence-electron chi connectivity index (χ3n) is 8.78. The van der Waals surface area contributed by atoms with E-state index in [1.54, 1.807) is 29.6 Å². The Morgan fingerprint density at radius 3 is 2.67 bits per heavy atom. The number of amides is 1. The van der Waals surface area contributed by atoms with Crippen molar-refractivity contribution in [3.8, 4) is 0 Å². The van der Waals surface area contributed by atoms with E-state index < -0.39 is 27.8 Å². The van der Waals surface area contributed by atoms with Gasteiger partial charge in [0.05, 0.1) is 17.9 Å². The van der Waals surface area contributed by atoms with Gasteiger partial charge in [0.25, 0.3) is 0 Å². The average molecular weight is 577 g/mol. The highest BCUT2D eigenvalue weighted by Gasteiger charge is 2.41. The average Bonchev–Trinajstić information content (AvgIpc) is 3.02. The maximum atomic E-state index is 15.1. The van der Waals surface area contributed by atoms with Crippen LogP contribution in [0.3, 0.4) is 0 Å². The molecule has 218 valence electrons. The summed E-state index contributed by atoms with van der Waals surface area (Å²) in [6.45, 7) is 0.937. The summed E-state index contributed by atoms with van der Waals surface area (Å²) in [5.74, 6) is -1.45. The van der Waals surface area contributed by atoms with Crippen LogP contribution in [0, 0.1) is 17.6 Å². The van der Waals surface area contributed by atoms with Crippen molar-refractivity contribution in [1.82, 2.24) is 9.62 Å². The van der Waals surface area contributed by atoms with Crippen molar-refractivity contribution < 1.29 is 26.7 Å². The lowest BCUT2D eigenvalue weighted by Gasteiger charge is -2.41. The first-order valence-corrected chi connectivity index (χ1v) is 15.6. The fourth-order valence-corrected chi connectivity index (χ4v) is 8.22. The van der Waals surface area contributed by atoms with Gasteiger partial charge in [-0.25, -0.2) is 17.2 Å². The van der Waals surface area contributed by atoms with E-state index in [4.69, 9.17) is 10.5 Å². The van der Waals surface area contributed by atoms with Gasteiger partial charge in [-0.1, -0.05) is 18.2 Å². The summed E-state index contributed by atoms with van der Waals surface area (Å²) in [7, 11) is -1.72. The monoisotopic (exact) mass is 576 g/mol. The summed E-state index contributed by atoms with van der Waals surface area (Å²) < 4.78 is 61.4. The first-order valence-electron chi connectivity index (χ1n) is 14.0. The standard InChI is InChI=1S/C29H38F2N4O4S/c1-39-23-14-19(15-23)27(18-7-9-20(30)10-8-18)28(32)29(36)34-26-6-2-5-25(31)24(26)12-11-22-16-33-21-4-3-13-40(37,38)35(22)17-21/h2,5-10,19,21-23,27-28,33H,3-4,11-17,32H2,1H3,(H,34,36)/t19-,21-,22+,23+,27+,28+/m1/s1. The molecule has 2 aromatic carbocycles. The third-order valence-corrected chi connectivity index (χ3v) is 10.7. The third kappa shape index (κ3) is 6.23. The number of benzene rings is 2. The van der Waals surface area contributed by atoms with Crippen molar-refractivity contribution in [3.63, 3.8) is 0 Å². The summed E-state index contributed by atoms with van der Waals surface area (Å²) in [5, 5.41) is 6.27. The summed E-state index contributed by atoms with van der Waals surface area (Å²) in [6, 6.07) is 9.42. The molecule has 5 atom stereocenters. The van der Waals surface area contributed by atoms with Gasteiger partial charge >= 0.3 is 0 Å². The Kier molecular flexibility index (Phi) is 8.86. The maximum Gasteiger partial charge on any atom is 0.241 e. The predicted molar refractivity (Wildman–Crippen MR) is 149 cm³/mol. The normalized spacial score (nSPS) is 29.1. The number of sulfonamides is 1. The van der Waals surface area contributed by atoms with Crippen LogP contribution in [0.25, 0.3) is 0 Å². The maximum absolute atomic E-state index is 15.1. The lowest BCUT2D eigenvalue weighted by Crippen LogP contribution is -2.57. The second-order valence-corrected chi connectivity index (χ2v) is 13.3. The Labute approximate surface area is 234 Å². The van der Waals surface area contributed by atoms with Gasteiger partial charge in [-0.3, -0.25) is 4.79 Å². The van der Waals surface area contributed by atoms with Crippen LogP contribution in [-0.2, 0) is 26.0 Å². The molecule has 11 heteroatoms. The number of nitrogens with one attached hydrogen (secondary N) is 2. The zero-order chi connectivity index (χ0) is 28.4. The van der Waals surface area contributed by atoms with Gasteiger partial charge in [0.15, 0.2) is 0 Å². The number of hydrogen-bond acceptors (Lipinski definition) is 6. The lowest BCUT2D eigenvalue weighted by atomic mass is 9.68. The van der Waals surface area contributed by atoms with Crippen molar-refractivity contribution in [2.45, 2.75) is 68.7 Å². The van der Waals surface area contributed by atoms with E-state index in [9.17, 15) is 17.6 Å². The zero-order valence-electron chi connectivity index (χ0n) is 22.7. The number of carbonyl (C=O) groups is 1. The number of rotatable bonds is 9. The molecule has 3 fully saturated rings. The highest BCUT2D eigenvalue weighted by atomic mass is 32.2. The number of fused-ring (bicyclic) bond motifs is 2. The molecule has 1 unspecified atom stereocenters. The minimum Gasteiger partial charge on any atom is -0.381 e. The molecule has 2 bridgehead atoms. The molecule has 0 radical (unpaired) electrons. The molecule has 4 N–H and O–H groups in total. The lowest BCUT2D eigenvalue weighted by molar-refractivity contribution is -0.119. The number of carbonyl (C=O) groups excluding carboxylic acids is 1. The number of piperazine rings is 1. The van der Waals surface area contributed by atoms with Gasteiger partial charge in [-0.2, -0.15) is 4.31 Å². The second kappa shape index (κ2) is 12.2. The smallest absolute Gasteiger partial charge is 0.241 e. The fourth-order valence-electron chi connectivity index (χ4n) is 6.41. The molecule has 1 saturated carbocycles. The Morgan fingerprint density at radius 2 is 1.95 bits per heavy atom.